The van der Waals surface area contributed by atoms with Crippen molar-refractivity contribution in [1.29, 1.82) is 5.26 Å². The molecule has 1 amide bonds. The Labute approximate surface area is 206 Å². The van der Waals surface area contributed by atoms with Gasteiger partial charge in [0.15, 0.2) is 0 Å². The van der Waals surface area contributed by atoms with Gasteiger partial charge in [-0.05, 0) is 24.3 Å². The molecule has 178 valence electrons. The molecule has 35 heavy (non-hydrogen) atoms. The van der Waals surface area contributed by atoms with Crippen LogP contribution in [0, 0.1) is 11.3 Å². The van der Waals surface area contributed by atoms with Gasteiger partial charge in [-0.25, -0.2) is 9.97 Å². The van der Waals surface area contributed by atoms with Crippen LogP contribution in [0.25, 0.3) is 22.3 Å². The normalized spacial score (nSPS) is 15.3. The van der Waals surface area contributed by atoms with Crippen LogP contribution in [0.2, 0.25) is 5.02 Å². The van der Waals surface area contributed by atoms with Crippen LogP contribution in [0.15, 0.2) is 49.2 Å². The molecule has 0 saturated carbocycles. The molecule has 4 aromatic rings. The zero-order valence-corrected chi connectivity index (χ0v) is 19.6. The molecule has 3 aromatic heterocycles. The lowest BCUT2D eigenvalue weighted by atomic mass is 10.1. The van der Waals surface area contributed by atoms with E-state index >= 15 is 0 Å². The summed E-state index contributed by atoms with van der Waals surface area (Å²) >= 11 is 5.96. The van der Waals surface area contributed by atoms with Gasteiger partial charge in [-0.3, -0.25) is 14.4 Å². The number of nitrogens with zero attached hydrogens (tertiary/aromatic N) is 7. The van der Waals surface area contributed by atoms with Gasteiger partial charge >= 0.3 is 0 Å². The molecule has 0 aliphatic carbocycles. The largest absolute Gasteiger partial charge is 0.506 e. The first-order valence-electron chi connectivity index (χ1n) is 11.2. The van der Waals surface area contributed by atoms with Crippen LogP contribution in [0.5, 0.6) is 5.75 Å². The minimum atomic E-state index is -0.129. The molecule has 1 fully saturated rings. The highest BCUT2D eigenvalue weighted by Crippen LogP contribution is 2.27. The number of phenols is 1. The van der Waals surface area contributed by atoms with Crippen LogP contribution >= 0.6 is 11.6 Å². The minimum absolute atomic E-state index is 0.0458. The van der Waals surface area contributed by atoms with Crippen LogP contribution in [0.4, 0.5) is 0 Å². The predicted octanol–water partition coefficient (Wildman–Crippen LogP) is 3.09. The van der Waals surface area contributed by atoms with Crippen molar-refractivity contribution >= 4 is 28.5 Å². The number of fused-ring (bicyclic) bond motifs is 1. The van der Waals surface area contributed by atoms with E-state index < -0.39 is 0 Å². The number of piperazine rings is 1. The number of carbonyl (C=O) groups is 1. The predicted molar refractivity (Wildman–Crippen MR) is 130 cm³/mol. The summed E-state index contributed by atoms with van der Waals surface area (Å²) in [5.74, 6) is -0.159. The topological polar surface area (TPSA) is 127 Å². The maximum atomic E-state index is 12.8. The van der Waals surface area contributed by atoms with E-state index in [1.807, 2.05) is 23.1 Å². The molecule has 1 unspecified atom stereocenters. The van der Waals surface area contributed by atoms with Crippen molar-refractivity contribution < 1.29 is 9.90 Å². The lowest BCUT2D eigenvalue weighted by molar-refractivity contribution is 0.0617. The number of carbonyl (C=O) groups excluding carboxylic acids is 1. The molecular weight excluding hydrogens is 468 g/mol. The van der Waals surface area contributed by atoms with Crippen molar-refractivity contribution in [2.45, 2.75) is 12.5 Å². The first-order chi connectivity index (χ1) is 17.0. The Balaban J connectivity index is 1.25. The molecule has 11 heteroatoms. The summed E-state index contributed by atoms with van der Waals surface area (Å²) in [5, 5.41) is 24.6. The standard InChI is InChI=1S/C24H23ClN8O2/c25-20-11-16(1-2-21(20)34)24(35)32-9-7-31(8-10-32)14-18(3-5-26)33-13-17(12-30-33)22-19-4-6-27-23(19)29-15-28-22/h1-2,4,6,11-13,15,18,34H,3,7-10,14H2,(H,27,28,29). The third kappa shape index (κ3) is 4.69. The van der Waals surface area contributed by atoms with Crippen molar-refractivity contribution in [3.8, 4) is 23.1 Å². The van der Waals surface area contributed by atoms with Crippen LogP contribution in [-0.2, 0) is 0 Å². The molecule has 0 spiro atoms. The average molecular weight is 491 g/mol. The molecule has 4 heterocycles. The Hall–Kier alpha value is -3.94. The second kappa shape index (κ2) is 9.74. The molecule has 1 saturated heterocycles. The van der Waals surface area contributed by atoms with E-state index in [2.05, 4.69) is 31.0 Å². The molecule has 1 aliphatic heterocycles. The average Bonchev–Trinajstić information content (AvgIpc) is 3.55. The first-order valence-corrected chi connectivity index (χ1v) is 11.6. The van der Waals surface area contributed by atoms with E-state index in [0.717, 1.165) is 22.3 Å². The number of H-pyrrole nitrogens is 1. The summed E-state index contributed by atoms with van der Waals surface area (Å²) in [6.07, 6.45) is 7.34. The van der Waals surface area contributed by atoms with Crippen LogP contribution in [0.3, 0.4) is 0 Å². The maximum absolute atomic E-state index is 12.8. The Morgan fingerprint density at radius 2 is 2.06 bits per heavy atom. The van der Waals surface area contributed by atoms with E-state index in [0.29, 0.717) is 44.7 Å². The number of aromatic nitrogens is 5. The van der Waals surface area contributed by atoms with Gasteiger partial charge in [0.25, 0.3) is 5.91 Å². The number of aromatic hydroxyl groups is 1. The third-order valence-electron chi connectivity index (χ3n) is 6.25. The van der Waals surface area contributed by atoms with Crippen molar-refractivity contribution in [3.63, 3.8) is 0 Å². The zero-order valence-electron chi connectivity index (χ0n) is 18.8. The van der Waals surface area contributed by atoms with Gasteiger partial charge in [0.1, 0.15) is 17.7 Å². The summed E-state index contributed by atoms with van der Waals surface area (Å²) in [5.41, 5.74) is 2.87. The Morgan fingerprint density at radius 1 is 1.23 bits per heavy atom. The highest BCUT2D eigenvalue weighted by atomic mass is 35.5. The van der Waals surface area contributed by atoms with E-state index in [-0.39, 0.29) is 22.7 Å². The lowest BCUT2D eigenvalue weighted by Gasteiger charge is -2.36. The van der Waals surface area contributed by atoms with Gasteiger partial charge in [-0.15, -0.1) is 0 Å². The Bertz CT molecular complexity index is 1400. The second-order valence-corrected chi connectivity index (χ2v) is 8.85. The zero-order chi connectivity index (χ0) is 24.4. The molecule has 10 nitrogen and oxygen atoms in total. The fraction of sp³-hybridized carbons (Fsp3) is 0.292. The number of hydrogen-bond acceptors (Lipinski definition) is 7. The summed E-state index contributed by atoms with van der Waals surface area (Å²) in [6.45, 7) is 3.14. The number of nitriles is 1. The van der Waals surface area contributed by atoms with E-state index in [4.69, 9.17) is 11.6 Å². The summed E-state index contributed by atoms with van der Waals surface area (Å²) in [4.78, 5) is 28.6. The van der Waals surface area contributed by atoms with Gasteiger partial charge in [-0.1, -0.05) is 11.6 Å². The second-order valence-electron chi connectivity index (χ2n) is 8.45. The molecule has 1 aromatic carbocycles. The number of halogens is 1. The van der Waals surface area contributed by atoms with Gasteiger partial charge < -0.3 is 15.0 Å². The highest BCUT2D eigenvalue weighted by molar-refractivity contribution is 6.32. The molecule has 0 bridgehead atoms. The third-order valence-corrected chi connectivity index (χ3v) is 6.56. The monoisotopic (exact) mass is 490 g/mol. The quantitative estimate of drug-likeness (QED) is 0.425. The lowest BCUT2D eigenvalue weighted by Crippen LogP contribution is -2.49. The van der Waals surface area contributed by atoms with Crippen molar-refractivity contribution in [1.82, 2.24) is 34.5 Å². The van der Waals surface area contributed by atoms with Crippen LogP contribution in [0.1, 0.15) is 22.8 Å². The maximum Gasteiger partial charge on any atom is 0.253 e. The number of phenolic OH excluding ortho intramolecular Hbond substituents is 1. The van der Waals surface area contributed by atoms with Gasteiger partial charge in [-0.2, -0.15) is 10.4 Å². The molecule has 0 radical (unpaired) electrons. The number of nitrogens with one attached hydrogen (secondary N) is 1. The van der Waals surface area contributed by atoms with Crippen LogP contribution in [-0.4, -0.2) is 78.3 Å². The van der Waals surface area contributed by atoms with Crippen LogP contribution < -0.4 is 0 Å². The fourth-order valence-corrected chi connectivity index (χ4v) is 4.54. The SMILES string of the molecule is N#CCC(CN1CCN(C(=O)c2ccc(O)c(Cl)c2)CC1)n1cc(-c2ncnc3[nH]ccc23)cn1. The van der Waals surface area contributed by atoms with Gasteiger partial charge in [0.2, 0.25) is 0 Å². The molecule has 5 rings (SSSR count). The number of hydrogen-bond donors (Lipinski definition) is 2. The Morgan fingerprint density at radius 3 is 2.83 bits per heavy atom. The molecular formula is C24H23ClN8O2. The van der Waals surface area contributed by atoms with E-state index in [1.165, 1.54) is 18.5 Å². The summed E-state index contributed by atoms with van der Waals surface area (Å²) in [6, 6.07) is 8.57. The van der Waals surface area contributed by atoms with Gasteiger partial charge in [0, 0.05) is 61.6 Å². The van der Waals surface area contributed by atoms with Crippen molar-refractivity contribution in [3.05, 3.63) is 59.8 Å². The van der Waals surface area contributed by atoms with Crippen molar-refractivity contribution in [2.75, 3.05) is 32.7 Å². The summed E-state index contributed by atoms with van der Waals surface area (Å²) in [7, 11) is 0. The number of aromatic amines is 1. The first kappa shape index (κ1) is 22.8. The number of amides is 1. The van der Waals surface area contributed by atoms with E-state index in [9.17, 15) is 15.2 Å². The van der Waals surface area contributed by atoms with Crippen molar-refractivity contribution in [2.24, 2.45) is 0 Å². The fourth-order valence-electron chi connectivity index (χ4n) is 4.36. The van der Waals surface area contributed by atoms with E-state index in [1.54, 1.807) is 17.2 Å². The molecule has 1 atom stereocenters. The summed E-state index contributed by atoms with van der Waals surface area (Å²) < 4.78 is 1.83. The molecule has 1 aliphatic rings. The van der Waals surface area contributed by atoms with Gasteiger partial charge in [0.05, 0.1) is 35.4 Å². The smallest absolute Gasteiger partial charge is 0.253 e. The Kier molecular flexibility index (Phi) is 6.35. The number of benzene rings is 1. The highest BCUT2D eigenvalue weighted by Gasteiger charge is 2.25. The molecule has 2 N–H and O–H groups in total. The number of rotatable bonds is 6. The minimum Gasteiger partial charge on any atom is -0.506 e.